The summed E-state index contributed by atoms with van der Waals surface area (Å²) in [6, 6.07) is 10.2. The van der Waals surface area contributed by atoms with Gasteiger partial charge >= 0.3 is 5.97 Å². The second-order valence-electron chi connectivity index (χ2n) is 4.52. The molecule has 1 aromatic carbocycles. The van der Waals surface area contributed by atoms with Gasteiger partial charge in [-0.1, -0.05) is 18.2 Å². The highest BCUT2D eigenvalue weighted by atomic mass is 32.2. The van der Waals surface area contributed by atoms with Crippen LogP contribution in [0.1, 0.15) is 10.4 Å². The van der Waals surface area contributed by atoms with Crippen molar-refractivity contribution < 1.29 is 18.3 Å². The van der Waals surface area contributed by atoms with Gasteiger partial charge in [-0.3, -0.25) is 9.52 Å². The van der Waals surface area contributed by atoms with Gasteiger partial charge in [-0.25, -0.2) is 8.42 Å². The van der Waals surface area contributed by atoms with E-state index in [1.54, 1.807) is 18.2 Å². The summed E-state index contributed by atoms with van der Waals surface area (Å²) in [5.74, 6) is -0.955. The van der Waals surface area contributed by atoms with E-state index in [1.807, 2.05) is 17.5 Å². The number of carbonyl (C=O) groups is 1. The van der Waals surface area contributed by atoms with Gasteiger partial charge in [0.15, 0.2) is 0 Å². The fraction of sp³-hybridized carbons (Fsp3) is 0.214. The number of hydrogen-bond acceptors (Lipinski definition) is 4. The van der Waals surface area contributed by atoms with Crippen LogP contribution in [-0.2, 0) is 27.7 Å². The maximum atomic E-state index is 12.0. The molecule has 0 aliphatic rings. The first-order valence-corrected chi connectivity index (χ1v) is 8.81. The summed E-state index contributed by atoms with van der Waals surface area (Å²) in [6.07, 6.45) is 0.326. The third-order valence-electron chi connectivity index (χ3n) is 2.75. The number of benzene rings is 1. The first-order chi connectivity index (χ1) is 9.94. The van der Waals surface area contributed by atoms with Crippen LogP contribution in [0.5, 0.6) is 0 Å². The lowest BCUT2D eigenvalue weighted by Crippen LogP contribution is -2.18. The average Bonchev–Trinajstić information content (AvgIpc) is 2.88. The molecule has 21 heavy (non-hydrogen) atoms. The Hall–Kier alpha value is -1.86. The number of sulfonamides is 1. The van der Waals surface area contributed by atoms with Crippen LogP contribution < -0.4 is 4.72 Å². The van der Waals surface area contributed by atoms with Crippen molar-refractivity contribution in [3.63, 3.8) is 0 Å². The number of carboxylic acid groups (broad SMARTS) is 1. The van der Waals surface area contributed by atoms with Crippen molar-refractivity contribution in [2.45, 2.75) is 12.8 Å². The molecule has 0 radical (unpaired) electrons. The predicted octanol–water partition coefficient (Wildman–Crippen LogP) is 2.36. The van der Waals surface area contributed by atoms with Gasteiger partial charge in [0.25, 0.3) is 0 Å². The predicted molar refractivity (Wildman–Crippen MR) is 83.2 cm³/mol. The monoisotopic (exact) mass is 325 g/mol. The highest BCUT2D eigenvalue weighted by molar-refractivity contribution is 7.92. The number of hydrogen-bond donors (Lipinski definition) is 2. The summed E-state index contributed by atoms with van der Waals surface area (Å²) >= 11 is 1.52. The summed E-state index contributed by atoms with van der Waals surface area (Å²) in [6.45, 7) is 0. The molecule has 0 atom stereocenters. The van der Waals surface area contributed by atoms with Gasteiger partial charge in [0.2, 0.25) is 10.0 Å². The van der Waals surface area contributed by atoms with E-state index < -0.39 is 16.0 Å². The van der Waals surface area contributed by atoms with Gasteiger partial charge < -0.3 is 5.11 Å². The number of aryl methyl sites for hydroxylation is 1. The number of rotatable bonds is 7. The molecule has 2 aromatic rings. The summed E-state index contributed by atoms with van der Waals surface area (Å²) in [5.41, 5.74) is 0.945. The second-order valence-corrected chi connectivity index (χ2v) is 7.40. The third kappa shape index (κ3) is 5.20. The molecular weight excluding hydrogens is 310 g/mol. The fourth-order valence-electron chi connectivity index (χ4n) is 1.84. The molecule has 0 aliphatic heterocycles. The van der Waals surface area contributed by atoms with Gasteiger partial charge in [0, 0.05) is 10.6 Å². The lowest BCUT2D eigenvalue weighted by molar-refractivity contribution is -0.136. The summed E-state index contributed by atoms with van der Waals surface area (Å²) in [7, 11) is -3.45. The first kappa shape index (κ1) is 15.5. The average molecular weight is 325 g/mol. The lowest BCUT2D eigenvalue weighted by Gasteiger charge is -2.08. The molecule has 1 heterocycles. The van der Waals surface area contributed by atoms with E-state index in [9.17, 15) is 13.2 Å². The number of nitrogens with one attached hydrogen (secondary N) is 1. The topological polar surface area (TPSA) is 83.5 Å². The van der Waals surface area contributed by atoms with Gasteiger partial charge in [0.05, 0.1) is 12.2 Å². The molecule has 0 saturated carbocycles. The van der Waals surface area contributed by atoms with Crippen LogP contribution in [0, 0.1) is 0 Å². The van der Waals surface area contributed by atoms with Crippen LogP contribution in [0.2, 0.25) is 0 Å². The maximum absolute atomic E-state index is 12.0. The molecule has 0 bridgehead atoms. The third-order valence-corrected chi connectivity index (χ3v) is 4.98. The summed E-state index contributed by atoms with van der Waals surface area (Å²) < 4.78 is 26.5. The quantitative estimate of drug-likeness (QED) is 0.818. The molecule has 1 aromatic heterocycles. The molecule has 112 valence electrons. The molecule has 0 aliphatic carbocycles. The largest absolute Gasteiger partial charge is 0.481 e. The Bertz CT molecular complexity index is 708. The van der Waals surface area contributed by atoms with Crippen LogP contribution in [-0.4, -0.2) is 25.2 Å². The van der Waals surface area contributed by atoms with Crippen LogP contribution in [0.4, 0.5) is 5.69 Å². The normalized spacial score (nSPS) is 11.2. The van der Waals surface area contributed by atoms with Crippen molar-refractivity contribution in [1.82, 2.24) is 0 Å². The molecule has 0 amide bonds. The SMILES string of the molecule is O=C(O)Cc1cccc(NS(=O)(=O)CCc2cccs2)c1. The minimum Gasteiger partial charge on any atom is -0.481 e. The number of aliphatic carboxylic acids is 1. The Balaban J connectivity index is 2.00. The highest BCUT2D eigenvalue weighted by Gasteiger charge is 2.12. The zero-order chi connectivity index (χ0) is 15.3. The molecule has 2 rings (SSSR count). The van der Waals surface area contributed by atoms with E-state index in [0.29, 0.717) is 17.7 Å². The molecular formula is C14H15NO4S2. The Kier molecular flexibility index (Phi) is 4.98. The minimum atomic E-state index is -3.45. The zero-order valence-electron chi connectivity index (χ0n) is 11.2. The van der Waals surface area contributed by atoms with Crippen molar-refractivity contribution >= 4 is 33.0 Å². The van der Waals surface area contributed by atoms with Crippen molar-refractivity contribution in [2.24, 2.45) is 0 Å². The van der Waals surface area contributed by atoms with E-state index in [1.165, 1.54) is 17.4 Å². The van der Waals surface area contributed by atoms with Crippen molar-refractivity contribution in [1.29, 1.82) is 0 Å². The number of thiophene rings is 1. The van der Waals surface area contributed by atoms with Crippen LogP contribution in [0.15, 0.2) is 41.8 Å². The van der Waals surface area contributed by atoms with Gasteiger partial charge in [-0.15, -0.1) is 11.3 Å². The molecule has 5 nitrogen and oxygen atoms in total. The Labute approximate surface area is 127 Å². The lowest BCUT2D eigenvalue weighted by atomic mass is 10.1. The van der Waals surface area contributed by atoms with Crippen LogP contribution >= 0.6 is 11.3 Å². The van der Waals surface area contributed by atoms with Crippen molar-refractivity contribution in [2.75, 3.05) is 10.5 Å². The smallest absolute Gasteiger partial charge is 0.307 e. The maximum Gasteiger partial charge on any atom is 0.307 e. The fourth-order valence-corrected chi connectivity index (χ4v) is 3.75. The summed E-state index contributed by atoms with van der Waals surface area (Å²) in [4.78, 5) is 11.7. The molecule has 0 saturated heterocycles. The van der Waals surface area contributed by atoms with E-state index in [4.69, 9.17) is 5.11 Å². The van der Waals surface area contributed by atoms with E-state index in [0.717, 1.165) is 4.88 Å². The number of carboxylic acids is 1. The second kappa shape index (κ2) is 6.73. The highest BCUT2D eigenvalue weighted by Crippen LogP contribution is 2.15. The minimum absolute atomic E-state index is 0.00330. The summed E-state index contributed by atoms with van der Waals surface area (Å²) in [5, 5.41) is 10.7. The van der Waals surface area contributed by atoms with Gasteiger partial charge in [-0.2, -0.15) is 0 Å². The van der Waals surface area contributed by atoms with Crippen LogP contribution in [0.25, 0.3) is 0 Å². The molecule has 2 N–H and O–H groups in total. The zero-order valence-corrected chi connectivity index (χ0v) is 12.8. The molecule has 0 unspecified atom stereocenters. The Morgan fingerprint density at radius 2 is 2.05 bits per heavy atom. The van der Waals surface area contributed by atoms with Crippen molar-refractivity contribution in [3.05, 3.63) is 52.2 Å². The number of anilines is 1. The van der Waals surface area contributed by atoms with E-state index in [-0.39, 0.29) is 12.2 Å². The van der Waals surface area contributed by atoms with E-state index >= 15 is 0 Å². The Morgan fingerprint density at radius 1 is 1.24 bits per heavy atom. The molecule has 7 heteroatoms. The Morgan fingerprint density at radius 3 is 2.71 bits per heavy atom. The van der Waals surface area contributed by atoms with E-state index in [2.05, 4.69) is 4.72 Å². The van der Waals surface area contributed by atoms with Crippen molar-refractivity contribution in [3.8, 4) is 0 Å². The molecule has 0 spiro atoms. The standard InChI is InChI=1S/C14H15NO4S2/c16-14(17)10-11-3-1-4-12(9-11)15-21(18,19)8-6-13-5-2-7-20-13/h1-5,7,9,15H,6,8,10H2,(H,16,17). The van der Waals surface area contributed by atoms with Gasteiger partial charge in [0.1, 0.15) is 0 Å². The first-order valence-electron chi connectivity index (χ1n) is 6.28. The van der Waals surface area contributed by atoms with Crippen LogP contribution in [0.3, 0.4) is 0 Å². The van der Waals surface area contributed by atoms with Gasteiger partial charge in [-0.05, 0) is 35.6 Å². The molecule has 0 fully saturated rings.